The molecule has 0 aromatic heterocycles. The summed E-state index contributed by atoms with van der Waals surface area (Å²) >= 11 is 1.33. The number of rotatable bonds is 0. The molecule has 0 saturated heterocycles. The van der Waals surface area contributed by atoms with Crippen LogP contribution in [0, 0.1) is 0 Å². The molecular weight excluding hydrogens is 82.1 g/mol. The Morgan fingerprint density at radius 2 is 3.40 bits per heavy atom. The molecule has 0 aromatic carbocycles. The van der Waals surface area contributed by atoms with Gasteiger partial charge in [0, 0.05) is 12.3 Å². The fourth-order valence-corrected chi connectivity index (χ4v) is 0.559. The van der Waals surface area contributed by atoms with E-state index in [9.17, 15) is 0 Å². The van der Waals surface area contributed by atoms with Gasteiger partial charge in [0.1, 0.15) is 0 Å². The first kappa shape index (κ1) is 1.65. The third kappa shape index (κ3) is 0.651. The Morgan fingerprint density at radius 3 is 3.60 bits per heavy atom. The molecule has 5 heavy (non-hydrogen) atoms. The van der Waals surface area contributed by atoms with Crippen molar-refractivity contribution in [3.8, 4) is 0 Å². The molecule has 2 heteroatoms. The average molecular weight is 89.2 g/mol. The van der Waals surface area contributed by atoms with Crippen LogP contribution in [-0.4, -0.2) is 17.8 Å². The zero-order chi connectivity index (χ0) is 5.28. The van der Waals surface area contributed by atoms with E-state index in [1.54, 1.807) is 0 Å². The standard InChI is InChI=1S/C3H5NS/c1-2-5-3-4-1/h3H,1-2H2/i1D,3D. The number of nitrogens with zero attached hydrogens (tertiary/aromatic N) is 1. The van der Waals surface area contributed by atoms with Crippen molar-refractivity contribution in [2.24, 2.45) is 4.99 Å². The van der Waals surface area contributed by atoms with Gasteiger partial charge in [0.25, 0.3) is 0 Å². The summed E-state index contributed by atoms with van der Waals surface area (Å²) in [6.45, 7) is -0.363. The molecule has 0 spiro atoms. The lowest BCUT2D eigenvalue weighted by Crippen LogP contribution is -1.69. The molecule has 0 radical (unpaired) electrons. The average Bonchev–Trinajstić information content (AvgIpc) is 1.87. The highest BCUT2D eigenvalue weighted by Crippen LogP contribution is 1.99. The predicted molar refractivity (Wildman–Crippen MR) is 25.8 cm³/mol. The van der Waals surface area contributed by atoms with Crippen LogP contribution in [0.15, 0.2) is 4.99 Å². The lowest BCUT2D eigenvalue weighted by molar-refractivity contribution is 1.18. The monoisotopic (exact) mass is 89.0 g/mol. The number of hydrogen-bond acceptors (Lipinski definition) is 2. The largest absolute Gasteiger partial charge is 0.285 e. The van der Waals surface area contributed by atoms with Crippen LogP contribution in [0.4, 0.5) is 0 Å². The van der Waals surface area contributed by atoms with Crippen molar-refractivity contribution in [3.05, 3.63) is 0 Å². The van der Waals surface area contributed by atoms with Gasteiger partial charge in [0.2, 0.25) is 0 Å². The highest BCUT2D eigenvalue weighted by atomic mass is 32.2. The van der Waals surface area contributed by atoms with Crippen molar-refractivity contribution < 1.29 is 2.74 Å². The van der Waals surface area contributed by atoms with Crippen molar-refractivity contribution in [3.63, 3.8) is 0 Å². The molecule has 0 N–H and O–H groups in total. The predicted octanol–water partition coefficient (Wildman–Crippen LogP) is 0.762. The van der Waals surface area contributed by atoms with E-state index in [-0.39, 0.29) is 6.52 Å². The van der Waals surface area contributed by atoms with Crippen molar-refractivity contribution in [2.45, 2.75) is 0 Å². The van der Waals surface area contributed by atoms with Gasteiger partial charge in [-0.1, -0.05) is 0 Å². The van der Waals surface area contributed by atoms with Crippen LogP contribution >= 0.6 is 11.8 Å². The fraction of sp³-hybridized carbons (Fsp3) is 0.667. The normalized spacial score (nSPS) is 43.2. The van der Waals surface area contributed by atoms with Gasteiger partial charge in [0.15, 0.2) is 0 Å². The molecule has 28 valence electrons. The van der Waals surface area contributed by atoms with Gasteiger partial charge in [-0.15, -0.1) is 11.8 Å². The van der Waals surface area contributed by atoms with Gasteiger partial charge in [-0.2, -0.15) is 0 Å². The van der Waals surface area contributed by atoms with E-state index >= 15 is 0 Å². The number of aliphatic imine (C=N–C) groups is 1. The van der Waals surface area contributed by atoms with Crippen LogP contribution in [0.2, 0.25) is 0 Å². The Morgan fingerprint density at radius 1 is 2.40 bits per heavy atom. The molecule has 1 nitrogen and oxygen atoms in total. The molecule has 0 saturated carbocycles. The minimum absolute atomic E-state index is 0.306. The first-order chi connectivity index (χ1) is 3.29. The summed E-state index contributed by atoms with van der Waals surface area (Å²) in [6.07, 6.45) is 0. The van der Waals surface area contributed by atoms with E-state index in [0.717, 1.165) is 0 Å². The maximum Gasteiger partial charge on any atom is 0.0912 e. The Balaban J connectivity index is 2.50. The van der Waals surface area contributed by atoms with Gasteiger partial charge >= 0.3 is 0 Å². The van der Waals surface area contributed by atoms with E-state index < -0.39 is 0 Å². The summed E-state index contributed by atoms with van der Waals surface area (Å²) in [5.74, 6) is 0.666. The van der Waals surface area contributed by atoms with E-state index in [2.05, 4.69) is 4.99 Å². The third-order valence-electron chi connectivity index (χ3n) is 0.366. The van der Waals surface area contributed by atoms with Crippen LogP contribution in [0.3, 0.4) is 0 Å². The molecule has 0 amide bonds. The third-order valence-corrected chi connectivity index (χ3v) is 0.917. The lowest BCUT2D eigenvalue weighted by atomic mass is 10.8. The van der Waals surface area contributed by atoms with Crippen LogP contribution in [0.5, 0.6) is 0 Å². The second kappa shape index (κ2) is 1.45. The first-order valence-electron chi connectivity index (χ1n) is 2.46. The molecule has 1 rings (SSSR count). The van der Waals surface area contributed by atoms with Gasteiger partial charge in [-0.25, -0.2) is 0 Å². The summed E-state index contributed by atoms with van der Waals surface area (Å²) in [5, 5.41) is 0. The Kier molecular flexibility index (Phi) is 0.479. The maximum atomic E-state index is 6.93. The van der Waals surface area contributed by atoms with Crippen LogP contribution < -0.4 is 0 Å². The Hall–Kier alpha value is 0.0200. The van der Waals surface area contributed by atoms with Crippen molar-refractivity contribution in [1.82, 2.24) is 0 Å². The molecule has 0 aliphatic carbocycles. The minimum Gasteiger partial charge on any atom is -0.285 e. The van der Waals surface area contributed by atoms with Crippen molar-refractivity contribution >= 4 is 17.3 Å². The molecule has 0 bridgehead atoms. The molecule has 1 unspecified atom stereocenters. The molecule has 1 aliphatic rings. The molecule has 0 aromatic rings. The summed E-state index contributed by atoms with van der Waals surface area (Å²) in [7, 11) is 0. The van der Waals surface area contributed by atoms with E-state index in [1.165, 1.54) is 11.8 Å². The lowest BCUT2D eigenvalue weighted by Gasteiger charge is -1.67. The van der Waals surface area contributed by atoms with E-state index in [0.29, 0.717) is 11.3 Å². The topological polar surface area (TPSA) is 12.4 Å². The SMILES string of the molecule is [2H]C1=NC([2H])CS1. The quantitative estimate of drug-likeness (QED) is 0.427. The van der Waals surface area contributed by atoms with E-state index in [4.69, 9.17) is 2.74 Å². The van der Waals surface area contributed by atoms with Crippen molar-refractivity contribution in [2.75, 3.05) is 12.3 Å². The maximum absolute atomic E-state index is 6.93. The van der Waals surface area contributed by atoms with Gasteiger partial charge in [-0.05, 0) is 0 Å². The molecule has 1 aliphatic heterocycles. The van der Waals surface area contributed by atoms with Crippen LogP contribution in [0.1, 0.15) is 2.74 Å². The molecule has 0 fully saturated rings. The van der Waals surface area contributed by atoms with Crippen LogP contribution in [-0.2, 0) is 0 Å². The van der Waals surface area contributed by atoms with Gasteiger partial charge < -0.3 is 0 Å². The smallest absolute Gasteiger partial charge is 0.0912 e. The fourth-order valence-electron chi connectivity index (χ4n) is 0.186. The summed E-state index contributed by atoms with van der Waals surface area (Å²) in [6, 6.07) is 0. The van der Waals surface area contributed by atoms with Crippen molar-refractivity contribution in [1.29, 1.82) is 0 Å². The Labute approximate surface area is 38.3 Å². The van der Waals surface area contributed by atoms with Crippen LogP contribution in [0.25, 0.3) is 0 Å². The highest BCUT2D eigenvalue weighted by molar-refractivity contribution is 8.12. The molecule has 1 heterocycles. The zero-order valence-electron chi connectivity index (χ0n) is 4.64. The number of hydrogen-bond donors (Lipinski definition) is 0. The Bertz CT molecular complexity index is 103. The molecular formula is C3H5NS. The second-order valence-corrected chi connectivity index (χ2v) is 1.52. The minimum atomic E-state index is -0.363. The zero-order valence-corrected chi connectivity index (χ0v) is 3.46. The summed E-state index contributed by atoms with van der Waals surface area (Å²) in [4.78, 5) is 3.60. The van der Waals surface area contributed by atoms with Gasteiger partial charge in [0.05, 0.1) is 8.26 Å². The number of thioether (sulfide) groups is 1. The van der Waals surface area contributed by atoms with Gasteiger partial charge in [-0.3, -0.25) is 4.99 Å². The second-order valence-electron chi connectivity index (χ2n) is 0.714. The van der Waals surface area contributed by atoms with E-state index in [1.807, 2.05) is 0 Å². The first-order valence-corrected chi connectivity index (χ1v) is 2.37. The molecule has 1 atom stereocenters. The highest BCUT2D eigenvalue weighted by Gasteiger charge is 1.86. The summed E-state index contributed by atoms with van der Waals surface area (Å²) < 4.78 is 13.8. The summed E-state index contributed by atoms with van der Waals surface area (Å²) in [5.41, 5.74) is 0.306.